The van der Waals surface area contributed by atoms with Crippen molar-refractivity contribution < 1.29 is 18.3 Å². The number of hydrogen-bond donors (Lipinski definition) is 0. The van der Waals surface area contributed by atoms with E-state index in [0.717, 1.165) is 43.4 Å². The second kappa shape index (κ2) is 7.15. The topological polar surface area (TPSA) is 26.3 Å². The van der Waals surface area contributed by atoms with Gasteiger partial charge >= 0.3 is 5.97 Å². The van der Waals surface area contributed by atoms with Crippen LogP contribution in [0.1, 0.15) is 90.9 Å². The van der Waals surface area contributed by atoms with E-state index >= 15 is 0 Å². The Hall–Kier alpha value is -0.930. The van der Waals surface area contributed by atoms with Gasteiger partial charge in [-0.25, -0.2) is 8.78 Å². The van der Waals surface area contributed by atoms with Crippen LogP contribution in [-0.2, 0) is 9.53 Å². The lowest BCUT2D eigenvalue weighted by atomic mass is 9.57. The summed E-state index contributed by atoms with van der Waals surface area (Å²) >= 11 is 0. The Labute approximate surface area is 162 Å². The fourth-order valence-electron chi connectivity index (χ4n) is 6.14. The summed E-state index contributed by atoms with van der Waals surface area (Å²) in [6.07, 6.45) is 11.1. The number of halogens is 2. The van der Waals surface area contributed by atoms with Crippen LogP contribution in [0.15, 0.2) is 11.7 Å². The first kappa shape index (κ1) is 19.4. The molecule has 0 aliphatic heterocycles. The van der Waals surface area contributed by atoms with Crippen molar-refractivity contribution in [2.75, 3.05) is 0 Å². The van der Waals surface area contributed by atoms with E-state index in [1.165, 1.54) is 25.7 Å². The van der Waals surface area contributed by atoms with Gasteiger partial charge in [-0.05, 0) is 82.0 Å². The van der Waals surface area contributed by atoms with Gasteiger partial charge in [-0.15, -0.1) is 0 Å². The number of hydrogen-bond acceptors (Lipinski definition) is 2. The Bertz CT molecular complexity index is 602. The summed E-state index contributed by atoms with van der Waals surface area (Å²) in [5.41, 5.74) is -2.04. The van der Waals surface area contributed by atoms with E-state index in [4.69, 9.17) is 4.74 Å². The van der Waals surface area contributed by atoms with Gasteiger partial charge in [0.15, 0.2) is 0 Å². The molecule has 3 saturated carbocycles. The number of allylic oxidation sites excluding steroid dienone is 1. The van der Waals surface area contributed by atoms with Crippen LogP contribution in [0.4, 0.5) is 8.78 Å². The van der Waals surface area contributed by atoms with Gasteiger partial charge in [0.25, 0.3) is 0 Å². The summed E-state index contributed by atoms with van der Waals surface area (Å²) in [5, 5.41) is 0. The maximum absolute atomic E-state index is 14.7. The van der Waals surface area contributed by atoms with Crippen LogP contribution in [0, 0.1) is 28.6 Å². The molecule has 0 spiro atoms. The Kier molecular flexibility index (Phi) is 5.13. The monoisotopic (exact) mass is 380 g/mol. The van der Waals surface area contributed by atoms with Crippen LogP contribution in [-0.4, -0.2) is 12.1 Å². The maximum Gasteiger partial charge on any atom is 0.319 e. The largest absolute Gasteiger partial charge is 0.462 e. The highest BCUT2D eigenvalue weighted by molar-refractivity contribution is 5.81. The summed E-state index contributed by atoms with van der Waals surface area (Å²) in [5.74, 6) is 0.413. The lowest BCUT2D eigenvalue weighted by molar-refractivity contribution is -0.167. The van der Waals surface area contributed by atoms with Crippen molar-refractivity contribution in [2.45, 2.75) is 97.0 Å². The number of carbonyl (C=O) groups is 1. The molecule has 5 rings (SSSR count). The second-order valence-corrected chi connectivity index (χ2v) is 10.2. The van der Waals surface area contributed by atoms with E-state index in [1.807, 2.05) is 0 Å². The van der Waals surface area contributed by atoms with Crippen LogP contribution in [0.25, 0.3) is 0 Å². The van der Waals surface area contributed by atoms with Crippen molar-refractivity contribution in [3.8, 4) is 0 Å². The standard InChI is InChI=1S/C23H34F2O2/c1-15-3-5-16(6-4-15)17-7-9-18(10-8-17)27-21(26)23-13-11-22(2,12-14-23)19(24)20(23)25/h15-18H,3-14H2,1-2H3. The third-order valence-corrected chi connectivity index (χ3v) is 8.46. The molecule has 0 amide bonds. The van der Waals surface area contributed by atoms with Crippen molar-refractivity contribution in [1.82, 2.24) is 0 Å². The third kappa shape index (κ3) is 3.35. The molecule has 3 fully saturated rings. The zero-order valence-electron chi connectivity index (χ0n) is 16.9. The quantitative estimate of drug-likeness (QED) is 0.513. The van der Waals surface area contributed by atoms with Crippen LogP contribution >= 0.6 is 0 Å². The second-order valence-electron chi connectivity index (χ2n) is 10.2. The minimum absolute atomic E-state index is 0.114. The average molecular weight is 381 g/mol. The minimum atomic E-state index is -1.34. The van der Waals surface area contributed by atoms with E-state index in [9.17, 15) is 13.6 Å². The maximum atomic E-state index is 14.7. The summed E-state index contributed by atoms with van der Waals surface area (Å²) in [6, 6.07) is 0. The molecule has 0 unspecified atom stereocenters. The first-order chi connectivity index (χ1) is 12.8. The van der Waals surface area contributed by atoms with Crippen LogP contribution in [0.5, 0.6) is 0 Å². The van der Waals surface area contributed by atoms with E-state index in [2.05, 4.69) is 6.92 Å². The fraction of sp³-hybridized carbons (Fsp3) is 0.870. The normalized spacial score (nSPS) is 45.0. The van der Waals surface area contributed by atoms with Gasteiger partial charge in [0.2, 0.25) is 0 Å². The van der Waals surface area contributed by atoms with Crippen molar-refractivity contribution in [2.24, 2.45) is 28.6 Å². The van der Waals surface area contributed by atoms with Gasteiger partial charge in [0, 0.05) is 5.41 Å². The van der Waals surface area contributed by atoms with Gasteiger partial charge in [0.1, 0.15) is 23.2 Å². The highest BCUT2D eigenvalue weighted by Crippen LogP contribution is 2.61. The molecule has 5 aliphatic carbocycles. The molecule has 2 bridgehead atoms. The van der Waals surface area contributed by atoms with E-state index in [-0.39, 0.29) is 6.10 Å². The fourth-order valence-corrected chi connectivity index (χ4v) is 6.14. The number of rotatable bonds is 3. The Morgan fingerprint density at radius 3 is 1.93 bits per heavy atom. The summed E-state index contributed by atoms with van der Waals surface area (Å²) < 4.78 is 34.9. The third-order valence-electron chi connectivity index (χ3n) is 8.46. The van der Waals surface area contributed by atoms with Crippen LogP contribution in [0.2, 0.25) is 0 Å². The number of ether oxygens (including phenoxy) is 1. The summed E-state index contributed by atoms with van der Waals surface area (Å²) in [7, 11) is 0. The molecule has 0 aromatic carbocycles. The average Bonchev–Trinajstić information content (AvgIpc) is 2.68. The van der Waals surface area contributed by atoms with Crippen molar-refractivity contribution >= 4 is 5.97 Å². The number of carbonyl (C=O) groups excluding carboxylic acids is 1. The van der Waals surface area contributed by atoms with Gasteiger partial charge in [-0.2, -0.15) is 0 Å². The highest BCUT2D eigenvalue weighted by atomic mass is 19.2. The van der Waals surface area contributed by atoms with Gasteiger partial charge in [-0.1, -0.05) is 26.7 Å². The molecular weight excluding hydrogens is 346 g/mol. The van der Waals surface area contributed by atoms with E-state index in [0.29, 0.717) is 25.7 Å². The number of fused-ring (bicyclic) bond motifs is 2. The Morgan fingerprint density at radius 1 is 0.852 bits per heavy atom. The predicted molar refractivity (Wildman–Crippen MR) is 101 cm³/mol. The lowest BCUT2D eigenvalue weighted by Crippen LogP contribution is -2.47. The first-order valence-electron chi connectivity index (χ1n) is 11.1. The van der Waals surface area contributed by atoms with Gasteiger partial charge < -0.3 is 4.74 Å². The molecule has 5 aliphatic rings. The number of esters is 1. The molecule has 0 aromatic heterocycles. The van der Waals surface area contributed by atoms with Crippen molar-refractivity contribution in [3.05, 3.63) is 11.7 Å². The van der Waals surface area contributed by atoms with Crippen molar-refractivity contribution in [3.63, 3.8) is 0 Å². The molecule has 0 aromatic rings. The van der Waals surface area contributed by atoms with E-state index < -0.39 is 28.5 Å². The zero-order valence-corrected chi connectivity index (χ0v) is 16.9. The SMILES string of the molecule is CC1CCC(C2CCC(OC(=O)C34CCC(C)(CC3)C(F)=C4F)CC2)CC1. The molecule has 152 valence electrons. The van der Waals surface area contributed by atoms with Gasteiger partial charge in [0.05, 0.1) is 0 Å². The smallest absolute Gasteiger partial charge is 0.319 e. The molecule has 0 heterocycles. The molecule has 4 heteroatoms. The molecular formula is C23H34F2O2. The minimum Gasteiger partial charge on any atom is -0.462 e. The van der Waals surface area contributed by atoms with Crippen molar-refractivity contribution in [1.29, 1.82) is 0 Å². The van der Waals surface area contributed by atoms with Gasteiger partial charge in [-0.3, -0.25) is 4.79 Å². The summed E-state index contributed by atoms with van der Waals surface area (Å²) in [6.45, 7) is 4.12. The Morgan fingerprint density at radius 2 is 1.37 bits per heavy atom. The summed E-state index contributed by atoms with van der Waals surface area (Å²) in [4.78, 5) is 12.9. The van der Waals surface area contributed by atoms with Crippen LogP contribution in [0.3, 0.4) is 0 Å². The lowest BCUT2D eigenvalue weighted by Gasteiger charge is -2.48. The molecule has 27 heavy (non-hydrogen) atoms. The highest BCUT2D eigenvalue weighted by Gasteiger charge is 2.58. The molecule has 0 N–H and O–H groups in total. The Balaban J connectivity index is 1.34. The molecule has 0 radical (unpaired) electrons. The zero-order chi connectivity index (χ0) is 19.2. The van der Waals surface area contributed by atoms with E-state index in [1.54, 1.807) is 6.92 Å². The predicted octanol–water partition coefficient (Wildman–Crippen LogP) is 6.65. The van der Waals surface area contributed by atoms with Crippen LogP contribution < -0.4 is 0 Å². The molecule has 2 nitrogen and oxygen atoms in total. The molecule has 0 saturated heterocycles. The first-order valence-corrected chi connectivity index (χ1v) is 11.1. The molecule has 0 atom stereocenters.